The van der Waals surface area contributed by atoms with Gasteiger partial charge in [-0.1, -0.05) is 11.6 Å². The topological polar surface area (TPSA) is 76.7 Å². The van der Waals surface area contributed by atoms with Crippen molar-refractivity contribution < 1.29 is 23.5 Å². The second-order valence-electron chi connectivity index (χ2n) is 8.74. The number of rotatable bonds is 7. The number of nitrogens with one attached hydrogen (secondary N) is 2. The Morgan fingerprint density at radius 3 is 2.77 bits per heavy atom. The normalized spacial score (nSPS) is 32.2. The summed E-state index contributed by atoms with van der Waals surface area (Å²) in [4.78, 5) is 25.1. The van der Waals surface area contributed by atoms with Crippen LogP contribution < -0.4 is 15.4 Å². The molecule has 3 saturated carbocycles. The molecule has 3 unspecified atom stereocenters. The molecule has 1 saturated heterocycles. The maximum atomic E-state index is 13.5. The molecule has 4 fully saturated rings. The van der Waals surface area contributed by atoms with Gasteiger partial charge in [-0.05, 0) is 56.6 Å². The molecule has 4 atom stereocenters. The van der Waals surface area contributed by atoms with Crippen LogP contribution in [0.2, 0.25) is 5.02 Å². The Hall–Kier alpha value is -1.86. The Bertz CT molecular complexity index is 801. The minimum Gasteiger partial charge on any atom is -0.484 e. The average Bonchev–Trinajstić information content (AvgIpc) is 3.10. The van der Waals surface area contributed by atoms with Gasteiger partial charge in [0, 0.05) is 37.1 Å². The summed E-state index contributed by atoms with van der Waals surface area (Å²) < 4.78 is 24.4. The number of carbonyl (C=O) groups excluding carboxylic acids is 2. The molecule has 1 aromatic carbocycles. The summed E-state index contributed by atoms with van der Waals surface area (Å²) in [7, 11) is 0. The fourth-order valence-electron chi connectivity index (χ4n) is 4.89. The molecule has 1 aliphatic heterocycles. The lowest BCUT2D eigenvalue weighted by Gasteiger charge is -2.50. The van der Waals surface area contributed by atoms with E-state index in [2.05, 4.69) is 10.6 Å². The molecule has 0 spiro atoms. The van der Waals surface area contributed by atoms with Crippen molar-refractivity contribution in [2.24, 2.45) is 23.7 Å². The van der Waals surface area contributed by atoms with Crippen molar-refractivity contribution in [1.82, 2.24) is 10.6 Å². The van der Waals surface area contributed by atoms with Crippen LogP contribution in [0, 0.1) is 29.5 Å². The second kappa shape index (κ2) is 9.10. The monoisotopic (exact) mass is 438 g/mol. The Balaban J connectivity index is 1.24. The molecular formula is C22H28ClFN2O4. The number of fused-ring (bicyclic) bond motifs is 2. The van der Waals surface area contributed by atoms with Gasteiger partial charge in [-0.15, -0.1) is 0 Å². The lowest BCUT2D eigenvalue weighted by molar-refractivity contribution is -0.136. The van der Waals surface area contributed by atoms with E-state index in [0.717, 1.165) is 31.9 Å². The zero-order valence-electron chi connectivity index (χ0n) is 17.0. The molecule has 2 bridgehead atoms. The first-order chi connectivity index (χ1) is 14.4. The first-order valence-electron chi connectivity index (χ1n) is 10.7. The number of carbonyl (C=O) groups is 2. The molecule has 6 nitrogen and oxygen atoms in total. The van der Waals surface area contributed by atoms with Crippen LogP contribution >= 0.6 is 11.6 Å². The largest absolute Gasteiger partial charge is 0.484 e. The lowest BCUT2D eigenvalue weighted by Crippen LogP contribution is -2.57. The minimum absolute atomic E-state index is 0.00720. The van der Waals surface area contributed by atoms with E-state index in [1.807, 2.05) is 6.92 Å². The standard InChI is InChI=1S/C22H28ClFN2O4/c1-12-13(4-5-29-12)10-25-22(28)17-9-20(15-6-14(17)7-15)26-21(27)11-30-16-2-3-18(23)19(24)8-16/h2-3,8,12-15,17,20H,4-7,9-11H2,1H3,(H,25,28)(H,26,27)/t12?,13?,14?,15?,17-,20?/m1/s1. The van der Waals surface area contributed by atoms with Crippen LogP contribution in [0.1, 0.15) is 32.6 Å². The highest BCUT2D eigenvalue weighted by molar-refractivity contribution is 6.30. The lowest BCUT2D eigenvalue weighted by atomic mass is 9.57. The van der Waals surface area contributed by atoms with Gasteiger partial charge in [0.1, 0.15) is 11.6 Å². The molecule has 5 rings (SSSR count). The number of benzene rings is 1. The number of hydrogen-bond acceptors (Lipinski definition) is 4. The van der Waals surface area contributed by atoms with Crippen LogP contribution in [0.4, 0.5) is 4.39 Å². The van der Waals surface area contributed by atoms with Gasteiger partial charge in [0.2, 0.25) is 5.91 Å². The molecule has 4 aliphatic rings. The summed E-state index contributed by atoms with van der Waals surface area (Å²) >= 11 is 5.65. The van der Waals surface area contributed by atoms with Crippen molar-refractivity contribution in [1.29, 1.82) is 0 Å². The number of hydrogen-bond donors (Lipinski definition) is 2. The molecule has 3 aliphatic carbocycles. The molecule has 2 N–H and O–H groups in total. The van der Waals surface area contributed by atoms with Gasteiger partial charge >= 0.3 is 0 Å². The first kappa shape index (κ1) is 21.4. The smallest absolute Gasteiger partial charge is 0.258 e. The number of ether oxygens (including phenoxy) is 2. The van der Waals surface area contributed by atoms with Crippen molar-refractivity contribution in [3.05, 3.63) is 29.0 Å². The number of halogens is 2. The summed E-state index contributed by atoms with van der Waals surface area (Å²) in [6.45, 7) is 3.25. The molecule has 30 heavy (non-hydrogen) atoms. The van der Waals surface area contributed by atoms with Gasteiger partial charge in [0.25, 0.3) is 5.91 Å². The summed E-state index contributed by atoms with van der Waals surface area (Å²) in [5.74, 6) is 0.618. The van der Waals surface area contributed by atoms with E-state index in [0.29, 0.717) is 30.7 Å². The van der Waals surface area contributed by atoms with Crippen LogP contribution in [0.5, 0.6) is 5.75 Å². The van der Waals surface area contributed by atoms with Crippen molar-refractivity contribution in [2.75, 3.05) is 19.8 Å². The highest BCUT2D eigenvalue weighted by Crippen LogP contribution is 2.49. The molecule has 1 heterocycles. The van der Waals surface area contributed by atoms with Gasteiger partial charge in [-0.25, -0.2) is 4.39 Å². The Morgan fingerprint density at radius 1 is 1.27 bits per heavy atom. The SMILES string of the molecule is CC1OCCC1CNC(=O)[C@@H]1CC(NC(=O)COc2ccc(Cl)c(F)c2)C2CC1C2. The third kappa shape index (κ3) is 4.72. The summed E-state index contributed by atoms with van der Waals surface area (Å²) in [5, 5.41) is 6.12. The van der Waals surface area contributed by atoms with Crippen LogP contribution in [-0.2, 0) is 14.3 Å². The predicted octanol–water partition coefficient (Wildman–Crippen LogP) is 2.93. The summed E-state index contributed by atoms with van der Waals surface area (Å²) in [6.07, 6.45) is 3.75. The highest BCUT2D eigenvalue weighted by Gasteiger charge is 2.49. The fourth-order valence-corrected chi connectivity index (χ4v) is 5.01. The number of amides is 2. The van der Waals surface area contributed by atoms with Crippen LogP contribution in [0.15, 0.2) is 18.2 Å². The Labute approximate surface area is 180 Å². The van der Waals surface area contributed by atoms with Gasteiger partial charge in [-0.3, -0.25) is 9.59 Å². The molecule has 2 amide bonds. The molecular weight excluding hydrogens is 411 g/mol. The van der Waals surface area contributed by atoms with Crippen molar-refractivity contribution in [3.63, 3.8) is 0 Å². The van der Waals surface area contributed by atoms with E-state index < -0.39 is 5.82 Å². The van der Waals surface area contributed by atoms with Crippen molar-refractivity contribution >= 4 is 23.4 Å². The predicted molar refractivity (Wildman–Crippen MR) is 110 cm³/mol. The van der Waals surface area contributed by atoms with E-state index in [1.165, 1.54) is 12.1 Å². The first-order valence-corrected chi connectivity index (χ1v) is 11.0. The minimum atomic E-state index is -0.588. The van der Waals surface area contributed by atoms with Crippen LogP contribution in [0.25, 0.3) is 0 Å². The average molecular weight is 439 g/mol. The Morgan fingerprint density at radius 2 is 2.07 bits per heavy atom. The summed E-state index contributed by atoms with van der Waals surface area (Å²) in [5.41, 5.74) is 0. The zero-order valence-corrected chi connectivity index (χ0v) is 17.8. The summed E-state index contributed by atoms with van der Waals surface area (Å²) in [6, 6.07) is 4.04. The molecule has 0 aromatic heterocycles. The zero-order chi connectivity index (χ0) is 21.3. The maximum Gasteiger partial charge on any atom is 0.258 e. The van der Waals surface area contributed by atoms with E-state index in [9.17, 15) is 14.0 Å². The van der Waals surface area contributed by atoms with Crippen LogP contribution in [0.3, 0.4) is 0 Å². The second-order valence-corrected chi connectivity index (χ2v) is 9.15. The quantitative estimate of drug-likeness (QED) is 0.686. The molecule has 1 aromatic rings. The maximum absolute atomic E-state index is 13.5. The molecule has 8 heteroatoms. The van der Waals surface area contributed by atoms with Gasteiger partial charge < -0.3 is 20.1 Å². The Kier molecular flexibility index (Phi) is 6.48. The molecule has 164 valence electrons. The van der Waals surface area contributed by atoms with E-state index in [1.54, 1.807) is 0 Å². The van der Waals surface area contributed by atoms with Gasteiger partial charge in [-0.2, -0.15) is 0 Å². The van der Waals surface area contributed by atoms with E-state index in [-0.39, 0.29) is 47.3 Å². The van der Waals surface area contributed by atoms with Crippen molar-refractivity contribution in [3.8, 4) is 5.75 Å². The van der Waals surface area contributed by atoms with Crippen LogP contribution in [-0.4, -0.2) is 43.7 Å². The van der Waals surface area contributed by atoms with Gasteiger partial charge in [0.05, 0.1) is 11.1 Å². The highest BCUT2D eigenvalue weighted by atomic mass is 35.5. The third-order valence-corrected chi connectivity index (χ3v) is 7.18. The fraction of sp³-hybridized carbons (Fsp3) is 0.636. The van der Waals surface area contributed by atoms with E-state index in [4.69, 9.17) is 21.1 Å². The van der Waals surface area contributed by atoms with Crippen molar-refractivity contribution in [2.45, 2.75) is 44.8 Å². The van der Waals surface area contributed by atoms with Gasteiger partial charge in [0.15, 0.2) is 6.61 Å². The molecule has 0 radical (unpaired) electrons. The van der Waals surface area contributed by atoms with E-state index >= 15 is 0 Å². The third-order valence-electron chi connectivity index (χ3n) is 6.87.